The van der Waals surface area contributed by atoms with E-state index in [1.54, 1.807) is 30.3 Å². The Hall–Kier alpha value is -2.22. The Labute approximate surface area is 147 Å². The maximum Gasteiger partial charge on any atom is 0.292 e. The molecular weight excluding hydrogens is 409 g/mol. The second kappa shape index (κ2) is 7.87. The zero-order chi connectivity index (χ0) is 16.8. The molecule has 1 N–H and O–H groups in total. The number of anilines is 1. The molecule has 2 aromatic rings. The van der Waals surface area contributed by atoms with Gasteiger partial charge in [0, 0.05) is 9.13 Å². The van der Waals surface area contributed by atoms with Gasteiger partial charge in [-0.2, -0.15) is 0 Å². The number of hydrogen-bond acceptors (Lipinski definition) is 4. The predicted octanol–water partition coefficient (Wildman–Crippen LogP) is 3.08. The first kappa shape index (κ1) is 17.1. The van der Waals surface area contributed by atoms with Crippen molar-refractivity contribution in [2.45, 2.75) is 6.42 Å². The first-order valence-corrected chi connectivity index (χ1v) is 7.85. The monoisotopic (exact) mass is 423 g/mol. The zero-order valence-corrected chi connectivity index (χ0v) is 14.5. The number of halogens is 1. The van der Waals surface area contributed by atoms with E-state index in [0.29, 0.717) is 17.0 Å². The van der Waals surface area contributed by atoms with E-state index in [1.165, 1.54) is 13.2 Å². The van der Waals surface area contributed by atoms with E-state index >= 15 is 0 Å². The summed E-state index contributed by atoms with van der Waals surface area (Å²) < 4.78 is 5.84. The fraction of sp³-hybridized carbons (Fsp3) is 0.118. The number of para-hydroxylation sites is 1. The molecule has 1 amide bonds. The Bertz CT molecular complexity index is 758. The molecule has 0 fully saturated rings. The molecule has 2 aromatic carbocycles. The van der Waals surface area contributed by atoms with Crippen LogP contribution in [-0.4, -0.2) is 24.6 Å². The van der Waals surface area contributed by atoms with E-state index in [9.17, 15) is 14.4 Å². The largest absolute Gasteiger partial charge is 0.497 e. The van der Waals surface area contributed by atoms with Gasteiger partial charge in [-0.3, -0.25) is 14.4 Å². The van der Waals surface area contributed by atoms with E-state index in [-0.39, 0.29) is 0 Å². The van der Waals surface area contributed by atoms with Crippen molar-refractivity contribution in [3.63, 3.8) is 0 Å². The number of rotatable bonds is 6. The highest BCUT2D eigenvalue weighted by molar-refractivity contribution is 14.1. The van der Waals surface area contributed by atoms with Gasteiger partial charge in [-0.25, -0.2) is 0 Å². The summed E-state index contributed by atoms with van der Waals surface area (Å²) in [6.45, 7) is 0. The molecule has 0 spiro atoms. The molecule has 0 saturated carbocycles. The van der Waals surface area contributed by atoms with Gasteiger partial charge in [0.25, 0.3) is 5.91 Å². The summed E-state index contributed by atoms with van der Waals surface area (Å²) in [7, 11) is 1.49. The molecule has 0 atom stereocenters. The minimum absolute atomic E-state index is 0.333. The van der Waals surface area contributed by atoms with Crippen LogP contribution >= 0.6 is 22.6 Å². The Balaban J connectivity index is 2.02. The van der Waals surface area contributed by atoms with Crippen molar-refractivity contribution in [1.82, 2.24) is 0 Å². The van der Waals surface area contributed by atoms with Gasteiger partial charge in [-0.05, 0) is 46.9 Å². The van der Waals surface area contributed by atoms with Crippen molar-refractivity contribution in [3.8, 4) is 5.75 Å². The number of carbonyl (C=O) groups is 3. The van der Waals surface area contributed by atoms with Crippen LogP contribution in [0.2, 0.25) is 0 Å². The summed E-state index contributed by atoms with van der Waals surface area (Å²) in [5.41, 5.74) is 0.875. The lowest BCUT2D eigenvalue weighted by Crippen LogP contribution is -2.25. The second-order valence-corrected chi connectivity index (χ2v) is 5.85. The van der Waals surface area contributed by atoms with Crippen LogP contribution < -0.4 is 10.1 Å². The highest BCUT2D eigenvalue weighted by Gasteiger charge is 2.20. The third-order valence-electron chi connectivity index (χ3n) is 3.09. The summed E-state index contributed by atoms with van der Waals surface area (Å²) in [4.78, 5) is 35.9. The molecule has 6 heteroatoms. The Morgan fingerprint density at radius 1 is 1.09 bits per heavy atom. The molecular formula is C17H14INO4. The van der Waals surface area contributed by atoms with Gasteiger partial charge in [0.2, 0.25) is 5.78 Å². The standard InChI is InChI=1S/C17H14INO4/c1-23-12-6-4-5-11(9-12)15(20)10-16(21)17(22)19-14-8-3-2-7-13(14)18/h2-9H,10H2,1H3,(H,19,22). The van der Waals surface area contributed by atoms with Crippen LogP contribution in [0, 0.1) is 3.57 Å². The number of hydrogen-bond donors (Lipinski definition) is 1. The average Bonchev–Trinajstić information content (AvgIpc) is 2.56. The van der Waals surface area contributed by atoms with Gasteiger partial charge >= 0.3 is 0 Å². The average molecular weight is 423 g/mol. The van der Waals surface area contributed by atoms with E-state index in [0.717, 1.165) is 3.57 Å². The van der Waals surface area contributed by atoms with Gasteiger partial charge in [-0.15, -0.1) is 0 Å². The smallest absolute Gasteiger partial charge is 0.292 e. The number of carbonyl (C=O) groups excluding carboxylic acids is 3. The number of amides is 1. The maximum absolute atomic E-state index is 12.1. The number of Topliss-reactive ketones (excluding diaryl/α,β-unsaturated/α-hetero) is 2. The Morgan fingerprint density at radius 2 is 1.83 bits per heavy atom. The summed E-state index contributed by atoms with van der Waals surface area (Å²) in [5, 5.41) is 2.52. The predicted molar refractivity (Wildman–Crippen MR) is 94.7 cm³/mol. The fourth-order valence-electron chi connectivity index (χ4n) is 1.88. The number of ketones is 2. The first-order chi connectivity index (χ1) is 11.0. The van der Waals surface area contributed by atoms with Gasteiger partial charge < -0.3 is 10.1 Å². The van der Waals surface area contributed by atoms with Crippen LogP contribution in [0.5, 0.6) is 5.75 Å². The molecule has 0 aromatic heterocycles. The van der Waals surface area contributed by atoms with Crippen LogP contribution in [-0.2, 0) is 9.59 Å². The third kappa shape index (κ3) is 4.62. The number of methoxy groups -OCH3 is 1. The Morgan fingerprint density at radius 3 is 2.52 bits per heavy atom. The summed E-state index contributed by atoms with van der Waals surface area (Å²) in [5.74, 6) is -1.48. The summed E-state index contributed by atoms with van der Waals surface area (Å²) in [6, 6.07) is 13.5. The number of nitrogens with one attached hydrogen (secondary N) is 1. The van der Waals surface area contributed by atoms with Crippen molar-refractivity contribution in [2.75, 3.05) is 12.4 Å². The van der Waals surface area contributed by atoms with Crippen LogP contribution in [0.4, 0.5) is 5.69 Å². The highest BCUT2D eigenvalue weighted by Crippen LogP contribution is 2.17. The quantitative estimate of drug-likeness (QED) is 0.336. The fourth-order valence-corrected chi connectivity index (χ4v) is 2.40. The minimum atomic E-state index is -0.801. The topological polar surface area (TPSA) is 72.5 Å². The van der Waals surface area contributed by atoms with Gasteiger partial charge in [0.1, 0.15) is 5.75 Å². The molecule has 0 radical (unpaired) electrons. The SMILES string of the molecule is COc1cccc(C(=O)CC(=O)C(=O)Nc2ccccc2I)c1. The molecule has 0 unspecified atom stereocenters. The van der Waals surface area contributed by atoms with Crippen molar-refractivity contribution < 1.29 is 19.1 Å². The van der Waals surface area contributed by atoms with E-state index in [1.807, 2.05) is 12.1 Å². The van der Waals surface area contributed by atoms with Gasteiger partial charge in [0.15, 0.2) is 5.78 Å². The van der Waals surface area contributed by atoms with Gasteiger partial charge in [-0.1, -0.05) is 24.3 Å². The molecule has 0 heterocycles. The normalized spacial score (nSPS) is 10.0. The zero-order valence-electron chi connectivity index (χ0n) is 12.3. The molecule has 118 valence electrons. The molecule has 23 heavy (non-hydrogen) atoms. The first-order valence-electron chi connectivity index (χ1n) is 6.77. The van der Waals surface area contributed by atoms with E-state index in [4.69, 9.17) is 4.74 Å². The lowest BCUT2D eigenvalue weighted by molar-refractivity contribution is -0.134. The number of benzene rings is 2. The third-order valence-corrected chi connectivity index (χ3v) is 4.03. The molecule has 0 aliphatic carbocycles. The highest BCUT2D eigenvalue weighted by atomic mass is 127. The summed E-state index contributed by atoms with van der Waals surface area (Å²) >= 11 is 2.05. The molecule has 0 aliphatic heterocycles. The number of ether oxygens (including phenoxy) is 1. The van der Waals surface area contributed by atoms with E-state index in [2.05, 4.69) is 27.9 Å². The summed E-state index contributed by atoms with van der Waals surface area (Å²) in [6.07, 6.45) is -0.484. The van der Waals surface area contributed by atoms with Crippen LogP contribution in [0.25, 0.3) is 0 Å². The van der Waals surface area contributed by atoms with Crippen molar-refractivity contribution >= 4 is 45.8 Å². The minimum Gasteiger partial charge on any atom is -0.497 e. The van der Waals surface area contributed by atoms with Crippen molar-refractivity contribution in [1.29, 1.82) is 0 Å². The van der Waals surface area contributed by atoms with E-state index < -0.39 is 23.9 Å². The lowest BCUT2D eigenvalue weighted by atomic mass is 10.1. The molecule has 0 aliphatic rings. The Kier molecular flexibility index (Phi) is 5.86. The van der Waals surface area contributed by atoms with Crippen LogP contribution in [0.3, 0.4) is 0 Å². The molecule has 0 saturated heterocycles. The molecule has 2 rings (SSSR count). The van der Waals surface area contributed by atoms with Crippen LogP contribution in [0.15, 0.2) is 48.5 Å². The molecule has 5 nitrogen and oxygen atoms in total. The maximum atomic E-state index is 12.1. The lowest BCUT2D eigenvalue weighted by Gasteiger charge is -2.06. The van der Waals surface area contributed by atoms with Crippen LogP contribution in [0.1, 0.15) is 16.8 Å². The second-order valence-electron chi connectivity index (χ2n) is 4.69. The van der Waals surface area contributed by atoms with Crippen molar-refractivity contribution in [2.24, 2.45) is 0 Å². The molecule has 0 bridgehead atoms. The van der Waals surface area contributed by atoms with Gasteiger partial charge in [0.05, 0.1) is 19.2 Å². The van der Waals surface area contributed by atoms with Crippen molar-refractivity contribution in [3.05, 3.63) is 57.7 Å².